The molecule has 2 aromatic heterocycles. The van der Waals surface area contributed by atoms with E-state index in [1.165, 1.54) is 0 Å². The number of piperidine rings is 1. The lowest BCUT2D eigenvalue weighted by Gasteiger charge is -2.30. The summed E-state index contributed by atoms with van der Waals surface area (Å²) in [4.78, 5) is 19.3. The Labute approximate surface area is 178 Å². The molecule has 1 aromatic carbocycles. The Balaban J connectivity index is 1.48. The first-order valence-corrected chi connectivity index (χ1v) is 10.3. The molecule has 0 aliphatic carbocycles. The summed E-state index contributed by atoms with van der Waals surface area (Å²) >= 11 is 12.8. The fourth-order valence-corrected chi connectivity index (χ4v) is 4.17. The number of likely N-dealkylation sites (tertiary alicyclic amines) is 1. The van der Waals surface area contributed by atoms with Crippen LogP contribution in [-0.4, -0.2) is 43.8 Å². The number of carbonyl (C=O) groups excluding carboxylic acids is 1. The van der Waals surface area contributed by atoms with Gasteiger partial charge in [-0.3, -0.25) is 4.79 Å². The van der Waals surface area contributed by atoms with Crippen molar-refractivity contribution in [3.8, 4) is 0 Å². The number of benzene rings is 1. The van der Waals surface area contributed by atoms with Gasteiger partial charge in [0.15, 0.2) is 5.82 Å². The third-order valence-corrected chi connectivity index (χ3v) is 5.98. The Kier molecular flexibility index (Phi) is 5.61. The van der Waals surface area contributed by atoms with Crippen molar-refractivity contribution < 1.29 is 9.32 Å². The number of hydrogen-bond donors (Lipinski definition) is 0. The zero-order chi connectivity index (χ0) is 20.5. The number of aryl methyl sites for hydroxylation is 2. The number of carbonyl (C=O) groups is 1. The molecule has 0 atom stereocenters. The van der Waals surface area contributed by atoms with Crippen LogP contribution in [0.2, 0.25) is 10.2 Å². The van der Waals surface area contributed by atoms with Crippen LogP contribution in [0.25, 0.3) is 0 Å². The molecule has 1 saturated heterocycles. The molecule has 0 saturated carbocycles. The van der Waals surface area contributed by atoms with Gasteiger partial charge in [0, 0.05) is 24.0 Å². The summed E-state index contributed by atoms with van der Waals surface area (Å²) in [5.74, 6) is 1.36. The average Bonchev–Trinajstić information content (AvgIpc) is 3.26. The quantitative estimate of drug-likeness (QED) is 0.614. The van der Waals surface area contributed by atoms with Crippen molar-refractivity contribution in [2.45, 2.75) is 39.2 Å². The molecule has 7 nitrogen and oxygen atoms in total. The molecule has 1 fully saturated rings. The van der Waals surface area contributed by atoms with E-state index >= 15 is 0 Å². The van der Waals surface area contributed by atoms with Crippen LogP contribution in [0.1, 0.15) is 52.1 Å². The largest absolute Gasteiger partial charge is 0.339 e. The van der Waals surface area contributed by atoms with E-state index < -0.39 is 0 Å². The fourth-order valence-electron chi connectivity index (χ4n) is 3.66. The Morgan fingerprint density at radius 2 is 1.93 bits per heavy atom. The molecule has 0 N–H and O–H groups in total. The smallest absolute Gasteiger partial charge is 0.258 e. The number of amides is 1. The summed E-state index contributed by atoms with van der Waals surface area (Å²) in [6, 6.07) is 7.52. The molecule has 1 aliphatic heterocycles. The van der Waals surface area contributed by atoms with Crippen molar-refractivity contribution in [3.63, 3.8) is 0 Å². The third kappa shape index (κ3) is 4.02. The minimum Gasteiger partial charge on any atom is -0.339 e. The number of halogens is 2. The third-order valence-electron chi connectivity index (χ3n) is 5.23. The topological polar surface area (TPSA) is 77.0 Å². The van der Waals surface area contributed by atoms with Gasteiger partial charge in [-0.1, -0.05) is 46.6 Å². The lowest BCUT2D eigenvalue weighted by atomic mass is 9.96. The van der Waals surface area contributed by atoms with E-state index in [4.69, 9.17) is 27.7 Å². The number of aromatic nitrogens is 4. The molecule has 9 heteroatoms. The first-order chi connectivity index (χ1) is 13.9. The molecule has 4 rings (SSSR count). The van der Waals surface area contributed by atoms with Crippen LogP contribution >= 0.6 is 23.2 Å². The fraction of sp³-hybridized carbons (Fsp3) is 0.400. The maximum atomic E-state index is 13.1. The van der Waals surface area contributed by atoms with Gasteiger partial charge in [0.1, 0.15) is 5.15 Å². The summed E-state index contributed by atoms with van der Waals surface area (Å²) in [5, 5.41) is 9.31. The molecule has 29 heavy (non-hydrogen) atoms. The second-order valence-corrected chi connectivity index (χ2v) is 8.01. The highest BCUT2D eigenvalue weighted by molar-refractivity contribution is 6.33. The van der Waals surface area contributed by atoms with Crippen molar-refractivity contribution in [1.82, 2.24) is 24.8 Å². The number of nitrogens with zero attached hydrogens (tertiary/aromatic N) is 5. The molecular weight excluding hydrogens is 413 g/mol. The van der Waals surface area contributed by atoms with Crippen molar-refractivity contribution in [1.29, 1.82) is 0 Å². The first kappa shape index (κ1) is 19.9. The van der Waals surface area contributed by atoms with E-state index in [1.54, 1.807) is 18.5 Å². The second kappa shape index (κ2) is 8.16. The molecule has 152 valence electrons. The van der Waals surface area contributed by atoms with Crippen LogP contribution in [0.5, 0.6) is 0 Å². The molecule has 1 aliphatic rings. The van der Waals surface area contributed by atoms with E-state index in [-0.39, 0.29) is 11.8 Å². The van der Waals surface area contributed by atoms with Crippen molar-refractivity contribution in [2.75, 3.05) is 13.1 Å². The first-order valence-electron chi connectivity index (χ1n) is 9.50. The summed E-state index contributed by atoms with van der Waals surface area (Å²) in [6.07, 6.45) is 1.55. The lowest BCUT2D eigenvalue weighted by Crippen LogP contribution is -2.38. The second-order valence-electron chi connectivity index (χ2n) is 7.25. The van der Waals surface area contributed by atoms with Crippen molar-refractivity contribution in [3.05, 3.63) is 63.0 Å². The number of rotatable bonds is 4. The van der Waals surface area contributed by atoms with Gasteiger partial charge in [0.2, 0.25) is 5.89 Å². The average molecular weight is 434 g/mol. The van der Waals surface area contributed by atoms with E-state index in [9.17, 15) is 4.79 Å². The zero-order valence-electron chi connectivity index (χ0n) is 16.2. The monoisotopic (exact) mass is 433 g/mol. The summed E-state index contributed by atoms with van der Waals surface area (Å²) < 4.78 is 6.91. The minimum absolute atomic E-state index is 0.0990. The zero-order valence-corrected chi connectivity index (χ0v) is 17.7. The van der Waals surface area contributed by atoms with E-state index in [2.05, 4.69) is 15.2 Å². The SMILES string of the molecule is Cc1noc(C2CCN(C(=O)c3c(C)nn(Cc4ccccc4Cl)c3Cl)CC2)n1. The van der Waals surface area contributed by atoms with Gasteiger partial charge < -0.3 is 9.42 Å². The van der Waals surface area contributed by atoms with Crippen molar-refractivity contribution in [2.24, 2.45) is 0 Å². The molecule has 3 heterocycles. The van der Waals surface area contributed by atoms with Gasteiger partial charge in [0.05, 0.1) is 17.8 Å². The van der Waals surface area contributed by atoms with Crippen LogP contribution in [0.3, 0.4) is 0 Å². The lowest BCUT2D eigenvalue weighted by molar-refractivity contribution is 0.0704. The van der Waals surface area contributed by atoms with E-state index in [0.29, 0.717) is 52.8 Å². The van der Waals surface area contributed by atoms with Gasteiger partial charge in [-0.05, 0) is 38.3 Å². The molecule has 1 amide bonds. The van der Waals surface area contributed by atoms with Gasteiger partial charge in [-0.2, -0.15) is 10.1 Å². The van der Waals surface area contributed by atoms with Crippen LogP contribution in [-0.2, 0) is 6.54 Å². The van der Waals surface area contributed by atoms with Gasteiger partial charge in [-0.25, -0.2) is 4.68 Å². The van der Waals surface area contributed by atoms with Crippen LogP contribution in [0.4, 0.5) is 0 Å². The Bertz CT molecular complexity index is 1040. The molecule has 0 bridgehead atoms. The van der Waals surface area contributed by atoms with Crippen LogP contribution < -0.4 is 0 Å². The summed E-state index contributed by atoms with van der Waals surface area (Å²) in [5.41, 5.74) is 1.96. The molecule has 0 spiro atoms. The highest BCUT2D eigenvalue weighted by atomic mass is 35.5. The summed E-state index contributed by atoms with van der Waals surface area (Å²) in [6.45, 7) is 5.23. The minimum atomic E-state index is -0.0990. The number of hydrogen-bond acceptors (Lipinski definition) is 5. The predicted octanol–water partition coefficient (Wildman–Crippen LogP) is 4.26. The highest BCUT2D eigenvalue weighted by Gasteiger charge is 2.31. The van der Waals surface area contributed by atoms with E-state index in [1.807, 2.05) is 29.2 Å². The highest BCUT2D eigenvalue weighted by Crippen LogP contribution is 2.30. The van der Waals surface area contributed by atoms with Crippen LogP contribution in [0.15, 0.2) is 28.8 Å². The molecular formula is C20H21Cl2N5O2. The molecule has 3 aromatic rings. The van der Waals surface area contributed by atoms with Gasteiger partial charge in [0.25, 0.3) is 5.91 Å². The predicted molar refractivity (Wildman–Crippen MR) is 109 cm³/mol. The molecule has 0 unspecified atom stereocenters. The van der Waals surface area contributed by atoms with Crippen molar-refractivity contribution >= 4 is 29.1 Å². The maximum Gasteiger partial charge on any atom is 0.258 e. The van der Waals surface area contributed by atoms with Crippen LogP contribution in [0, 0.1) is 13.8 Å². The van der Waals surface area contributed by atoms with E-state index in [0.717, 1.165) is 18.4 Å². The summed E-state index contributed by atoms with van der Waals surface area (Å²) in [7, 11) is 0. The Morgan fingerprint density at radius 1 is 1.21 bits per heavy atom. The van der Waals surface area contributed by atoms with Gasteiger partial charge in [-0.15, -0.1) is 0 Å². The maximum absolute atomic E-state index is 13.1. The molecule has 0 radical (unpaired) electrons. The normalized spacial score (nSPS) is 15.1. The van der Waals surface area contributed by atoms with Gasteiger partial charge >= 0.3 is 0 Å². The Morgan fingerprint density at radius 3 is 2.59 bits per heavy atom. The standard InChI is InChI=1S/C20H21Cl2N5O2/c1-12-17(18(22)27(24-12)11-15-5-3-4-6-16(15)21)20(28)26-9-7-14(8-10-26)19-23-13(2)25-29-19/h3-6,14H,7-11H2,1-2H3. The Hall–Kier alpha value is -2.38.